The number of hydrogen-bond donors (Lipinski definition) is 1. The van der Waals surface area contributed by atoms with Crippen LogP contribution in [0.25, 0.3) is 0 Å². The van der Waals surface area contributed by atoms with Crippen molar-refractivity contribution in [2.75, 3.05) is 13.2 Å². The van der Waals surface area contributed by atoms with E-state index in [9.17, 15) is 24.0 Å². The molecule has 1 aliphatic heterocycles. The molecule has 0 aromatic heterocycles. The maximum absolute atomic E-state index is 13.2. The van der Waals surface area contributed by atoms with Crippen molar-refractivity contribution in [3.8, 4) is 0 Å². The summed E-state index contributed by atoms with van der Waals surface area (Å²) in [7, 11) is 0. The van der Waals surface area contributed by atoms with Crippen molar-refractivity contribution in [1.82, 2.24) is 4.90 Å². The summed E-state index contributed by atoms with van der Waals surface area (Å²) in [6.07, 6.45) is 3.34. The lowest BCUT2D eigenvalue weighted by molar-refractivity contribution is -0.158. The molecule has 0 aliphatic carbocycles. The molecule has 9 nitrogen and oxygen atoms in total. The fraction of sp³-hybridized carbons (Fsp3) is 0.500. The van der Waals surface area contributed by atoms with E-state index < -0.39 is 41.8 Å². The predicted molar refractivity (Wildman–Crippen MR) is 126 cm³/mol. The molecule has 2 amide bonds. The molecule has 2 rings (SSSR count). The average Bonchev–Trinajstić information content (AvgIpc) is 3.20. The Bertz CT molecular complexity index is 927. The SMILES string of the molecule is CC(=O)O[C@@H](C(=O)C=CC(=O)CCCCCCO)[C@@H](C)C(=O)N1C(=O)OC[C@H]1Cc1ccccc1. The number of carbonyl (C=O) groups excluding carboxylic acids is 5. The highest BCUT2D eigenvalue weighted by molar-refractivity contribution is 6.04. The molecule has 0 radical (unpaired) electrons. The number of carbonyl (C=O) groups is 5. The first-order valence-corrected chi connectivity index (χ1v) is 11.8. The number of esters is 1. The van der Waals surface area contributed by atoms with Gasteiger partial charge in [-0.1, -0.05) is 43.2 Å². The first-order chi connectivity index (χ1) is 16.7. The van der Waals surface area contributed by atoms with Gasteiger partial charge in [-0.2, -0.15) is 0 Å². The number of cyclic esters (lactones) is 1. The van der Waals surface area contributed by atoms with Gasteiger partial charge in [0, 0.05) is 20.0 Å². The van der Waals surface area contributed by atoms with E-state index in [1.165, 1.54) is 6.92 Å². The van der Waals surface area contributed by atoms with Crippen molar-refractivity contribution in [1.29, 1.82) is 0 Å². The quantitative estimate of drug-likeness (QED) is 0.241. The summed E-state index contributed by atoms with van der Waals surface area (Å²) in [4.78, 5) is 63.0. The second-order valence-corrected chi connectivity index (χ2v) is 8.54. The third-order valence-electron chi connectivity index (χ3n) is 5.69. The zero-order chi connectivity index (χ0) is 25.8. The molecule has 1 aromatic rings. The summed E-state index contributed by atoms with van der Waals surface area (Å²) >= 11 is 0. The zero-order valence-electron chi connectivity index (χ0n) is 20.2. The number of ether oxygens (including phenoxy) is 2. The van der Waals surface area contributed by atoms with Gasteiger partial charge in [0.1, 0.15) is 6.61 Å². The van der Waals surface area contributed by atoms with Crippen LogP contribution < -0.4 is 0 Å². The maximum Gasteiger partial charge on any atom is 0.416 e. The summed E-state index contributed by atoms with van der Waals surface area (Å²) in [5, 5.41) is 8.78. The van der Waals surface area contributed by atoms with E-state index in [1.807, 2.05) is 30.3 Å². The van der Waals surface area contributed by atoms with Crippen molar-refractivity contribution in [2.45, 2.75) is 64.5 Å². The topological polar surface area (TPSA) is 127 Å². The van der Waals surface area contributed by atoms with Crippen LogP contribution in [0.1, 0.15) is 51.5 Å². The van der Waals surface area contributed by atoms with Crippen LogP contribution in [0.3, 0.4) is 0 Å². The molecule has 0 saturated carbocycles. The van der Waals surface area contributed by atoms with Crippen LogP contribution in [0, 0.1) is 5.92 Å². The third-order valence-corrected chi connectivity index (χ3v) is 5.69. The van der Waals surface area contributed by atoms with Crippen LogP contribution >= 0.6 is 0 Å². The summed E-state index contributed by atoms with van der Waals surface area (Å²) in [6, 6.07) is 8.73. The van der Waals surface area contributed by atoms with Gasteiger partial charge in [-0.25, -0.2) is 9.69 Å². The van der Waals surface area contributed by atoms with Gasteiger partial charge in [0.25, 0.3) is 0 Å². The molecule has 3 atom stereocenters. The maximum atomic E-state index is 13.2. The number of hydrogen-bond acceptors (Lipinski definition) is 8. The van der Waals surface area contributed by atoms with E-state index in [2.05, 4.69) is 0 Å². The number of amides is 2. The van der Waals surface area contributed by atoms with Crippen LogP contribution in [0.15, 0.2) is 42.5 Å². The van der Waals surface area contributed by atoms with Gasteiger partial charge in [0.05, 0.1) is 12.0 Å². The Morgan fingerprint density at radius 2 is 1.80 bits per heavy atom. The minimum atomic E-state index is -1.49. The Labute approximate surface area is 205 Å². The predicted octanol–water partition coefficient (Wildman–Crippen LogP) is 2.78. The van der Waals surface area contributed by atoms with Gasteiger partial charge in [0.2, 0.25) is 5.91 Å². The monoisotopic (exact) mass is 487 g/mol. The van der Waals surface area contributed by atoms with Crippen molar-refractivity contribution in [2.24, 2.45) is 5.92 Å². The van der Waals surface area contributed by atoms with Crippen LogP contribution in [0.2, 0.25) is 0 Å². The van der Waals surface area contributed by atoms with E-state index in [0.717, 1.165) is 42.4 Å². The molecule has 35 heavy (non-hydrogen) atoms. The first kappa shape index (κ1) is 27.9. The summed E-state index contributed by atoms with van der Waals surface area (Å²) < 4.78 is 10.2. The van der Waals surface area contributed by atoms with E-state index in [4.69, 9.17) is 14.6 Å². The molecule has 0 bridgehead atoms. The summed E-state index contributed by atoms with van der Waals surface area (Å²) in [5.74, 6) is -3.63. The molecule has 1 N–H and O–H groups in total. The lowest BCUT2D eigenvalue weighted by Crippen LogP contribution is -2.48. The molecular weight excluding hydrogens is 454 g/mol. The van der Waals surface area contributed by atoms with E-state index >= 15 is 0 Å². The number of allylic oxidation sites excluding steroid dienone is 1. The molecule has 1 fully saturated rings. The second-order valence-electron chi connectivity index (χ2n) is 8.54. The Morgan fingerprint density at radius 1 is 1.11 bits per heavy atom. The van der Waals surface area contributed by atoms with Crippen LogP contribution in [-0.4, -0.2) is 64.9 Å². The minimum absolute atomic E-state index is 0.0189. The Hall–Kier alpha value is -3.33. The van der Waals surface area contributed by atoms with Crippen LogP contribution in [-0.2, 0) is 35.1 Å². The molecule has 9 heteroatoms. The standard InChI is InChI=1S/C26H33NO8/c1-18(25(32)27-21(17-34-26(27)33)16-20-10-6-5-7-11-20)24(35-19(2)29)23(31)14-13-22(30)12-8-3-4-9-15-28/h5-7,10-11,13-14,18,21,24,28H,3-4,8-9,12,15-17H2,1-2H3/t18-,21-,24-/m1/s1. The molecule has 190 valence electrons. The van der Waals surface area contributed by atoms with Gasteiger partial charge in [-0.3, -0.25) is 19.2 Å². The van der Waals surface area contributed by atoms with Crippen molar-refractivity contribution < 1.29 is 38.6 Å². The third kappa shape index (κ3) is 8.75. The van der Waals surface area contributed by atoms with E-state index in [0.29, 0.717) is 19.3 Å². The molecule has 0 unspecified atom stereocenters. The highest BCUT2D eigenvalue weighted by Gasteiger charge is 2.43. The Balaban J connectivity index is 2.06. The second kappa shape index (κ2) is 14.2. The van der Waals surface area contributed by atoms with E-state index in [1.54, 1.807) is 0 Å². The van der Waals surface area contributed by atoms with Crippen LogP contribution in [0.5, 0.6) is 0 Å². The highest BCUT2D eigenvalue weighted by atomic mass is 16.6. The lowest BCUT2D eigenvalue weighted by Gasteiger charge is -2.26. The van der Waals surface area contributed by atoms with Crippen molar-refractivity contribution in [3.05, 3.63) is 48.0 Å². The molecule has 1 heterocycles. The average molecular weight is 488 g/mol. The molecule has 1 aliphatic rings. The molecule has 1 aromatic carbocycles. The first-order valence-electron chi connectivity index (χ1n) is 11.8. The highest BCUT2D eigenvalue weighted by Crippen LogP contribution is 2.23. The number of unbranched alkanes of at least 4 members (excludes halogenated alkanes) is 3. The number of imide groups is 1. The van der Waals surface area contributed by atoms with Crippen molar-refractivity contribution >= 4 is 29.5 Å². The smallest absolute Gasteiger partial charge is 0.416 e. The number of nitrogens with zero attached hydrogens (tertiary/aromatic N) is 1. The number of aliphatic hydroxyl groups excluding tert-OH is 1. The largest absolute Gasteiger partial charge is 0.453 e. The Morgan fingerprint density at radius 3 is 2.46 bits per heavy atom. The fourth-order valence-electron chi connectivity index (χ4n) is 3.82. The summed E-state index contributed by atoms with van der Waals surface area (Å²) in [6.45, 7) is 2.64. The van der Waals surface area contributed by atoms with Gasteiger partial charge >= 0.3 is 12.1 Å². The lowest BCUT2D eigenvalue weighted by atomic mass is 9.97. The molecule has 1 saturated heterocycles. The van der Waals surface area contributed by atoms with Gasteiger partial charge < -0.3 is 14.6 Å². The molecular formula is C26H33NO8. The van der Waals surface area contributed by atoms with Gasteiger partial charge in [-0.15, -0.1) is 0 Å². The van der Waals surface area contributed by atoms with Gasteiger partial charge in [0.15, 0.2) is 17.7 Å². The Kier molecular flexibility index (Phi) is 11.3. The van der Waals surface area contributed by atoms with Crippen molar-refractivity contribution in [3.63, 3.8) is 0 Å². The normalized spacial score (nSPS) is 17.2. The zero-order valence-corrected chi connectivity index (χ0v) is 20.2. The fourth-order valence-corrected chi connectivity index (χ4v) is 3.82. The molecule has 0 spiro atoms. The minimum Gasteiger partial charge on any atom is -0.453 e. The van der Waals surface area contributed by atoms with Gasteiger partial charge in [-0.05, 0) is 43.9 Å². The number of benzene rings is 1. The summed E-state index contributed by atoms with van der Waals surface area (Å²) in [5.41, 5.74) is 0.909. The van der Waals surface area contributed by atoms with Crippen LogP contribution in [0.4, 0.5) is 4.79 Å². The number of ketones is 2. The number of rotatable bonds is 14. The van der Waals surface area contributed by atoms with E-state index in [-0.39, 0.29) is 25.4 Å². The number of aliphatic hydroxyl groups is 1.